The molecule has 0 aliphatic heterocycles. The van der Waals surface area contributed by atoms with Gasteiger partial charge in [0.25, 0.3) is 0 Å². The lowest BCUT2D eigenvalue weighted by molar-refractivity contribution is -0.0543. The highest BCUT2D eigenvalue weighted by Crippen LogP contribution is 2.31. The first-order chi connectivity index (χ1) is 14.3. The number of aromatic amines is 1. The number of fused-ring (bicyclic) bond motifs is 1. The van der Waals surface area contributed by atoms with Crippen molar-refractivity contribution in [2.75, 3.05) is 0 Å². The molecule has 0 fully saturated rings. The van der Waals surface area contributed by atoms with Crippen molar-refractivity contribution in [1.82, 2.24) is 4.98 Å². The van der Waals surface area contributed by atoms with E-state index in [0.29, 0.717) is 16.6 Å². The molecule has 3 aromatic rings. The van der Waals surface area contributed by atoms with Crippen LogP contribution in [0.3, 0.4) is 0 Å². The summed E-state index contributed by atoms with van der Waals surface area (Å²) in [6, 6.07) is 11.8. The van der Waals surface area contributed by atoms with Crippen LogP contribution in [0.25, 0.3) is 17.0 Å². The van der Waals surface area contributed by atoms with Crippen LogP contribution in [-0.4, -0.2) is 24.0 Å². The molecule has 0 aliphatic carbocycles. The van der Waals surface area contributed by atoms with E-state index in [9.17, 15) is 27.6 Å². The number of benzene rings is 2. The number of ether oxygens (including phenoxy) is 2. The van der Waals surface area contributed by atoms with Crippen LogP contribution in [-0.2, 0) is 0 Å². The van der Waals surface area contributed by atoms with Gasteiger partial charge in [0.1, 0.15) is 23.1 Å². The molecule has 0 aliphatic rings. The SMILES string of the molecule is Cc1[nH]c2ccccc2c1C(=O)/C(C#N)=C/c1ccc(OC(F)F)cc1OC(F)F. The Labute approximate surface area is 168 Å². The molecule has 0 saturated heterocycles. The molecule has 0 saturated carbocycles. The van der Waals surface area contributed by atoms with Crippen LogP contribution in [0.2, 0.25) is 0 Å². The quantitative estimate of drug-likeness (QED) is 0.239. The molecule has 9 heteroatoms. The number of allylic oxidation sites excluding steroid dienone is 1. The molecule has 1 N–H and O–H groups in total. The van der Waals surface area contributed by atoms with Crippen LogP contribution in [0, 0.1) is 18.3 Å². The van der Waals surface area contributed by atoms with Gasteiger partial charge in [0, 0.05) is 28.2 Å². The van der Waals surface area contributed by atoms with E-state index in [1.165, 1.54) is 0 Å². The normalized spacial score (nSPS) is 11.7. The monoisotopic (exact) mass is 418 g/mol. The van der Waals surface area contributed by atoms with Crippen molar-refractivity contribution < 1.29 is 31.8 Å². The van der Waals surface area contributed by atoms with Gasteiger partial charge in [0.15, 0.2) is 0 Å². The number of hydrogen-bond acceptors (Lipinski definition) is 4. The van der Waals surface area contributed by atoms with E-state index in [0.717, 1.165) is 24.3 Å². The van der Waals surface area contributed by atoms with Crippen molar-refractivity contribution in [2.45, 2.75) is 20.1 Å². The lowest BCUT2D eigenvalue weighted by atomic mass is 9.99. The maximum Gasteiger partial charge on any atom is 0.387 e. The van der Waals surface area contributed by atoms with E-state index in [2.05, 4.69) is 14.5 Å². The molecule has 0 amide bonds. The maximum absolute atomic E-state index is 13.0. The topological polar surface area (TPSA) is 75.1 Å². The molecule has 154 valence electrons. The molecule has 1 aromatic heterocycles. The third-order valence-corrected chi connectivity index (χ3v) is 4.21. The first-order valence-corrected chi connectivity index (χ1v) is 8.57. The van der Waals surface area contributed by atoms with Crippen molar-refractivity contribution in [3.8, 4) is 17.6 Å². The minimum atomic E-state index is -3.25. The van der Waals surface area contributed by atoms with Crippen molar-refractivity contribution in [1.29, 1.82) is 5.26 Å². The second kappa shape index (κ2) is 8.69. The molecule has 0 radical (unpaired) electrons. The van der Waals surface area contributed by atoms with Gasteiger partial charge in [-0.25, -0.2) is 0 Å². The van der Waals surface area contributed by atoms with Crippen molar-refractivity contribution in [3.63, 3.8) is 0 Å². The summed E-state index contributed by atoms with van der Waals surface area (Å²) in [7, 11) is 0. The van der Waals surface area contributed by atoms with Gasteiger partial charge in [0.05, 0.1) is 5.56 Å². The summed E-state index contributed by atoms with van der Waals surface area (Å²) in [5.74, 6) is -1.54. The Bertz CT molecular complexity index is 1160. The predicted molar refractivity (Wildman–Crippen MR) is 101 cm³/mol. The Morgan fingerprint density at radius 2 is 1.80 bits per heavy atom. The highest BCUT2D eigenvalue weighted by Gasteiger charge is 2.21. The number of alkyl halides is 4. The van der Waals surface area contributed by atoms with Gasteiger partial charge in [-0.3, -0.25) is 4.79 Å². The van der Waals surface area contributed by atoms with Crippen molar-refractivity contribution in [3.05, 3.63) is 64.9 Å². The Morgan fingerprint density at radius 3 is 2.47 bits per heavy atom. The number of nitriles is 1. The molecule has 0 unspecified atom stereocenters. The molecule has 0 atom stereocenters. The second-order valence-electron chi connectivity index (χ2n) is 6.13. The number of aromatic nitrogens is 1. The molecular weight excluding hydrogens is 404 g/mol. The van der Waals surface area contributed by atoms with E-state index >= 15 is 0 Å². The van der Waals surface area contributed by atoms with Gasteiger partial charge in [-0.05, 0) is 31.2 Å². The van der Waals surface area contributed by atoms with Gasteiger partial charge in [-0.1, -0.05) is 18.2 Å². The number of carbonyl (C=O) groups is 1. The zero-order valence-electron chi connectivity index (χ0n) is 15.5. The van der Waals surface area contributed by atoms with E-state index in [-0.39, 0.29) is 16.7 Å². The van der Waals surface area contributed by atoms with Crippen LogP contribution in [0.15, 0.2) is 48.0 Å². The minimum absolute atomic E-state index is 0.0701. The number of carbonyl (C=O) groups excluding carboxylic acids is 1. The fourth-order valence-electron chi connectivity index (χ4n) is 3.02. The summed E-state index contributed by atoms with van der Waals surface area (Å²) < 4.78 is 58.8. The summed E-state index contributed by atoms with van der Waals surface area (Å²) in [6.45, 7) is -4.74. The number of ketones is 1. The number of nitrogens with one attached hydrogen (secondary N) is 1. The summed E-state index contributed by atoms with van der Waals surface area (Å²) in [5, 5.41) is 10.1. The summed E-state index contributed by atoms with van der Waals surface area (Å²) in [5.41, 5.74) is 1.09. The van der Waals surface area contributed by atoms with Crippen LogP contribution in [0.5, 0.6) is 11.5 Å². The second-order valence-corrected chi connectivity index (χ2v) is 6.13. The van der Waals surface area contributed by atoms with Gasteiger partial charge in [0.2, 0.25) is 5.78 Å². The molecule has 0 spiro atoms. The number of H-pyrrole nitrogens is 1. The third-order valence-electron chi connectivity index (χ3n) is 4.21. The number of aryl methyl sites for hydroxylation is 1. The summed E-state index contributed by atoms with van der Waals surface area (Å²) in [4.78, 5) is 16.0. The average Bonchev–Trinajstić information content (AvgIpc) is 3.01. The zero-order chi connectivity index (χ0) is 21.8. The smallest absolute Gasteiger partial charge is 0.387 e. The van der Waals surface area contributed by atoms with E-state index in [1.807, 2.05) is 0 Å². The average molecular weight is 418 g/mol. The molecule has 2 aromatic carbocycles. The molecule has 3 rings (SSSR count). The van der Waals surface area contributed by atoms with E-state index < -0.39 is 30.5 Å². The van der Waals surface area contributed by atoms with Crippen LogP contribution in [0.1, 0.15) is 21.6 Å². The molecule has 30 heavy (non-hydrogen) atoms. The summed E-state index contributed by atoms with van der Waals surface area (Å²) in [6.07, 6.45) is 1.06. The highest BCUT2D eigenvalue weighted by atomic mass is 19.3. The fourth-order valence-corrected chi connectivity index (χ4v) is 3.02. The number of nitrogens with zero attached hydrogens (tertiary/aromatic N) is 1. The van der Waals surface area contributed by atoms with Gasteiger partial charge >= 0.3 is 13.2 Å². The molecular formula is C21H14F4N2O3. The number of Topliss-reactive ketones (excluding diaryl/α,β-unsaturated/α-hetero) is 1. The summed E-state index contributed by atoms with van der Waals surface area (Å²) >= 11 is 0. The highest BCUT2D eigenvalue weighted by molar-refractivity contribution is 6.20. The fraction of sp³-hybridized carbons (Fsp3) is 0.143. The van der Waals surface area contributed by atoms with Crippen LogP contribution >= 0.6 is 0 Å². The Hall–Kier alpha value is -3.80. The lowest BCUT2D eigenvalue weighted by Crippen LogP contribution is -2.07. The number of hydrogen-bond donors (Lipinski definition) is 1. The van der Waals surface area contributed by atoms with E-state index in [4.69, 9.17) is 0 Å². The first kappa shape index (κ1) is 20.9. The molecule has 0 bridgehead atoms. The number of para-hydroxylation sites is 1. The van der Waals surface area contributed by atoms with Crippen molar-refractivity contribution in [2.24, 2.45) is 0 Å². The van der Waals surface area contributed by atoms with Gasteiger partial charge < -0.3 is 14.5 Å². The number of halogens is 4. The van der Waals surface area contributed by atoms with Gasteiger partial charge in [-0.2, -0.15) is 22.8 Å². The minimum Gasteiger partial charge on any atom is -0.435 e. The standard InChI is InChI=1S/C21H14F4N2O3/c1-11-18(15-4-2-3-5-16(15)27-11)19(28)13(10-26)8-12-6-7-14(29-20(22)23)9-17(12)30-21(24)25/h2-9,20-21,27H,1H3/b13-8+. The van der Waals surface area contributed by atoms with Crippen molar-refractivity contribution >= 4 is 22.8 Å². The van der Waals surface area contributed by atoms with Gasteiger partial charge in [-0.15, -0.1) is 0 Å². The van der Waals surface area contributed by atoms with Crippen LogP contribution < -0.4 is 9.47 Å². The largest absolute Gasteiger partial charge is 0.435 e. The van der Waals surface area contributed by atoms with Crippen LogP contribution in [0.4, 0.5) is 17.6 Å². The maximum atomic E-state index is 13.0. The predicted octanol–water partition coefficient (Wildman–Crippen LogP) is 5.47. The van der Waals surface area contributed by atoms with E-state index in [1.54, 1.807) is 37.3 Å². The third kappa shape index (κ3) is 4.43. The Morgan fingerprint density at radius 1 is 1.10 bits per heavy atom. The number of rotatable bonds is 7. The lowest BCUT2D eigenvalue weighted by Gasteiger charge is -2.11. The Balaban J connectivity index is 2.06. The Kier molecular flexibility index (Phi) is 6.06. The zero-order valence-corrected chi connectivity index (χ0v) is 15.5. The molecule has 5 nitrogen and oxygen atoms in total. The first-order valence-electron chi connectivity index (χ1n) is 8.57. The molecule has 1 heterocycles.